The fraction of sp³-hybridized carbons (Fsp3) is 0.708. The minimum atomic E-state index is -0.665. The molecule has 0 aromatic carbocycles. The lowest BCUT2D eigenvalue weighted by Gasteiger charge is -2.17. The van der Waals surface area contributed by atoms with Crippen molar-refractivity contribution in [1.29, 1.82) is 0 Å². The normalized spacial score (nSPS) is 13.0. The van der Waals surface area contributed by atoms with Gasteiger partial charge in [-0.05, 0) is 83.5 Å². The Labute approximate surface area is 322 Å². The average Bonchev–Trinajstić information content (AvgIpc) is 3.13. The molecule has 4 heteroatoms. The maximum absolute atomic E-state index is 12.5. The van der Waals surface area contributed by atoms with E-state index in [2.05, 4.69) is 86.8 Å². The van der Waals surface area contributed by atoms with Crippen LogP contribution in [0, 0.1) is 0 Å². The predicted molar refractivity (Wildman–Crippen MR) is 227 cm³/mol. The molecule has 1 unspecified atom stereocenters. The first-order chi connectivity index (χ1) is 25.6. The van der Waals surface area contributed by atoms with Crippen LogP contribution in [0.4, 0.5) is 0 Å². The molecule has 1 N–H and O–H groups in total. The standard InChI is InChI=1S/C48H82O4/c1-3-5-6-7-8-9-10-11-12-13-14-15-16-20-23-26-29-32-35-38-41-45-48(51)52-46(42-4-2)43-39-36-33-30-27-24-21-18-17-19-22-25-28-31-34-37-40-44-47(49)50/h5-6,8-9,11-12,14-15,20,23,29,32,46H,3-4,7,10,13,16-19,21-22,24-28,30-31,33-45H2,1-2H3,(H,49,50)/b6-5-,9-8-,12-11-,15-14-,23-20-,32-29-. The Morgan fingerprint density at radius 2 is 0.808 bits per heavy atom. The van der Waals surface area contributed by atoms with Crippen molar-refractivity contribution in [1.82, 2.24) is 0 Å². The van der Waals surface area contributed by atoms with Crippen molar-refractivity contribution < 1.29 is 19.4 Å². The molecule has 0 aliphatic rings. The molecule has 0 aromatic heterocycles. The van der Waals surface area contributed by atoms with Crippen LogP contribution in [0.5, 0.6) is 0 Å². The smallest absolute Gasteiger partial charge is 0.306 e. The van der Waals surface area contributed by atoms with Gasteiger partial charge in [0.15, 0.2) is 0 Å². The third-order valence-corrected chi connectivity index (χ3v) is 9.42. The number of aliphatic carboxylic acids is 1. The van der Waals surface area contributed by atoms with E-state index in [1.54, 1.807) is 0 Å². The molecule has 0 fully saturated rings. The maximum atomic E-state index is 12.5. The third-order valence-electron chi connectivity index (χ3n) is 9.42. The number of esters is 1. The molecule has 0 saturated heterocycles. The van der Waals surface area contributed by atoms with Gasteiger partial charge in [-0.2, -0.15) is 0 Å². The summed E-state index contributed by atoms with van der Waals surface area (Å²) in [7, 11) is 0. The van der Waals surface area contributed by atoms with E-state index >= 15 is 0 Å². The van der Waals surface area contributed by atoms with E-state index in [-0.39, 0.29) is 12.1 Å². The second kappa shape index (κ2) is 42.8. The summed E-state index contributed by atoms with van der Waals surface area (Å²) >= 11 is 0. The van der Waals surface area contributed by atoms with E-state index in [0.717, 1.165) is 89.9 Å². The topological polar surface area (TPSA) is 63.6 Å². The van der Waals surface area contributed by atoms with Crippen LogP contribution in [0.15, 0.2) is 72.9 Å². The SMILES string of the molecule is CC/C=C\C/C=C\C/C=C\C/C=C\C/C=C\C/C=C\CCCCC(=O)OC(CCC)CCCCCCCCCCCCCCCCCCCC(=O)O. The molecule has 0 heterocycles. The summed E-state index contributed by atoms with van der Waals surface area (Å²) in [4.78, 5) is 23.0. The molecule has 0 aromatic rings. The summed E-state index contributed by atoms with van der Waals surface area (Å²) in [6.45, 7) is 4.35. The molecule has 0 aliphatic heterocycles. The molecule has 298 valence electrons. The number of unbranched alkanes of at least 4 members (excludes halogenated alkanes) is 18. The number of ether oxygens (including phenoxy) is 1. The molecule has 1 atom stereocenters. The highest BCUT2D eigenvalue weighted by Gasteiger charge is 2.13. The number of carbonyl (C=O) groups excluding carboxylic acids is 1. The van der Waals surface area contributed by atoms with Gasteiger partial charge in [0.2, 0.25) is 0 Å². The van der Waals surface area contributed by atoms with E-state index in [0.29, 0.717) is 12.8 Å². The van der Waals surface area contributed by atoms with Gasteiger partial charge in [0.25, 0.3) is 0 Å². The molecule has 52 heavy (non-hydrogen) atoms. The minimum absolute atomic E-state index is 0.00817. The zero-order valence-corrected chi connectivity index (χ0v) is 34.1. The van der Waals surface area contributed by atoms with Gasteiger partial charge < -0.3 is 9.84 Å². The molecule has 0 radical (unpaired) electrons. The van der Waals surface area contributed by atoms with Crippen LogP contribution in [0.2, 0.25) is 0 Å². The Morgan fingerprint density at radius 1 is 0.442 bits per heavy atom. The van der Waals surface area contributed by atoms with Crippen molar-refractivity contribution in [3.8, 4) is 0 Å². The quantitative estimate of drug-likeness (QED) is 0.0390. The molecule has 0 saturated carbocycles. The van der Waals surface area contributed by atoms with E-state index < -0.39 is 5.97 Å². The Morgan fingerprint density at radius 3 is 1.21 bits per heavy atom. The van der Waals surface area contributed by atoms with E-state index in [1.807, 2.05) is 0 Å². The van der Waals surface area contributed by atoms with Gasteiger partial charge in [0.1, 0.15) is 6.10 Å². The summed E-state index contributed by atoms with van der Waals surface area (Å²) < 4.78 is 5.88. The number of hydrogen-bond donors (Lipinski definition) is 1. The highest BCUT2D eigenvalue weighted by Crippen LogP contribution is 2.17. The second-order valence-electron chi connectivity index (χ2n) is 14.5. The van der Waals surface area contributed by atoms with Gasteiger partial charge in [0, 0.05) is 12.8 Å². The van der Waals surface area contributed by atoms with Crippen LogP contribution < -0.4 is 0 Å². The van der Waals surface area contributed by atoms with Crippen molar-refractivity contribution in [3.05, 3.63) is 72.9 Å². The zero-order chi connectivity index (χ0) is 37.8. The van der Waals surface area contributed by atoms with Crippen molar-refractivity contribution in [2.75, 3.05) is 0 Å². The first kappa shape index (κ1) is 49.4. The molecule has 0 rings (SSSR count). The second-order valence-corrected chi connectivity index (χ2v) is 14.5. The van der Waals surface area contributed by atoms with Crippen molar-refractivity contribution in [3.63, 3.8) is 0 Å². The fourth-order valence-corrected chi connectivity index (χ4v) is 6.30. The number of allylic oxidation sites excluding steroid dienone is 12. The Kier molecular flexibility index (Phi) is 40.6. The lowest BCUT2D eigenvalue weighted by Crippen LogP contribution is -2.18. The third kappa shape index (κ3) is 41.8. The van der Waals surface area contributed by atoms with Crippen LogP contribution >= 0.6 is 0 Å². The largest absolute Gasteiger partial charge is 0.481 e. The maximum Gasteiger partial charge on any atom is 0.306 e. The number of rotatable bonds is 39. The Balaban J connectivity index is 3.64. The molecule has 0 aliphatic carbocycles. The highest BCUT2D eigenvalue weighted by atomic mass is 16.5. The summed E-state index contributed by atoms with van der Waals surface area (Å²) in [5, 5.41) is 8.67. The monoisotopic (exact) mass is 723 g/mol. The Bertz CT molecular complexity index is 953. The van der Waals surface area contributed by atoms with Crippen LogP contribution in [-0.4, -0.2) is 23.1 Å². The lowest BCUT2D eigenvalue weighted by atomic mass is 10.0. The van der Waals surface area contributed by atoms with Gasteiger partial charge in [-0.15, -0.1) is 0 Å². The van der Waals surface area contributed by atoms with Crippen molar-refractivity contribution >= 4 is 11.9 Å². The summed E-state index contributed by atoms with van der Waals surface area (Å²) in [5.74, 6) is -0.673. The van der Waals surface area contributed by atoms with Crippen LogP contribution in [-0.2, 0) is 14.3 Å². The van der Waals surface area contributed by atoms with Crippen molar-refractivity contribution in [2.24, 2.45) is 0 Å². The van der Waals surface area contributed by atoms with Crippen LogP contribution in [0.25, 0.3) is 0 Å². The molecule has 4 nitrogen and oxygen atoms in total. The molecular weight excluding hydrogens is 641 g/mol. The first-order valence-corrected chi connectivity index (χ1v) is 21.9. The average molecular weight is 723 g/mol. The van der Waals surface area contributed by atoms with E-state index in [1.165, 1.54) is 96.3 Å². The molecular formula is C48H82O4. The molecule has 0 amide bonds. The summed E-state index contributed by atoms with van der Waals surface area (Å²) in [6, 6.07) is 0. The summed E-state index contributed by atoms with van der Waals surface area (Å²) in [5.41, 5.74) is 0. The van der Waals surface area contributed by atoms with Crippen molar-refractivity contribution in [2.45, 2.75) is 219 Å². The number of carboxylic acid groups (broad SMARTS) is 1. The first-order valence-electron chi connectivity index (χ1n) is 21.9. The molecule has 0 spiro atoms. The van der Waals surface area contributed by atoms with Gasteiger partial charge in [0.05, 0.1) is 0 Å². The zero-order valence-electron chi connectivity index (χ0n) is 34.1. The summed E-state index contributed by atoms with van der Waals surface area (Å²) in [6.07, 6.45) is 61.5. The van der Waals surface area contributed by atoms with Gasteiger partial charge >= 0.3 is 11.9 Å². The highest BCUT2D eigenvalue weighted by molar-refractivity contribution is 5.69. The number of carboxylic acids is 1. The number of hydrogen-bond acceptors (Lipinski definition) is 3. The van der Waals surface area contributed by atoms with E-state index in [4.69, 9.17) is 9.84 Å². The van der Waals surface area contributed by atoms with Crippen LogP contribution in [0.3, 0.4) is 0 Å². The van der Waals surface area contributed by atoms with Crippen LogP contribution in [0.1, 0.15) is 213 Å². The van der Waals surface area contributed by atoms with E-state index in [9.17, 15) is 9.59 Å². The van der Waals surface area contributed by atoms with Gasteiger partial charge in [-0.25, -0.2) is 0 Å². The minimum Gasteiger partial charge on any atom is -0.481 e. The Hall–Kier alpha value is -2.62. The predicted octanol–water partition coefficient (Wildman–Crippen LogP) is 15.5. The van der Waals surface area contributed by atoms with Gasteiger partial charge in [-0.3, -0.25) is 9.59 Å². The lowest BCUT2D eigenvalue weighted by molar-refractivity contribution is -0.150. The fourth-order valence-electron chi connectivity index (χ4n) is 6.30. The molecule has 0 bridgehead atoms. The number of carbonyl (C=O) groups is 2. The van der Waals surface area contributed by atoms with Gasteiger partial charge in [-0.1, -0.05) is 189 Å².